The highest BCUT2D eigenvalue weighted by atomic mass is 32.1. The molecule has 0 aliphatic heterocycles. The van der Waals surface area contributed by atoms with E-state index in [4.69, 9.17) is 5.73 Å². The van der Waals surface area contributed by atoms with E-state index in [0.717, 1.165) is 17.0 Å². The van der Waals surface area contributed by atoms with Crippen molar-refractivity contribution in [2.45, 2.75) is 6.92 Å². The van der Waals surface area contributed by atoms with E-state index in [2.05, 4.69) is 28.4 Å². The molecule has 3 nitrogen and oxygen atoms in total. The molecule has 0 radical (unpaired) electrons. The molecule has 0 fully saturated rings. The number of nitrogens with zero attached hydrogens (tertiary/aromatic N) is 2. The van der Waals surface area contributed by atoms with Crippen molar-refractivity contribution in [3.8, 4) is 10.7 Å². The predicted molar refractivity (Wildman–Crippen MR) is 67.7 cm³/mol. The molecule has 16 heavy (non-hydrogen) atoms. The van der Waals surface area contributed by atoms with E-state index in [1.807, 2.05) is 24.5 Å². The molecule has 80 valence electrons. The first kappa shape index (κ1) is 9.42. The zero-order chi connectivity index (χ0) is 11.1. The van der Waals surface area contributed by atoms with E-state index < -0.39 is 0 Å². The lowest BCUT2D eigenvalue weighted by atomic mass is 10.3. The Morgan fingerprint density at radius 3 is 2.94 bits per heavy atom. The molecule has 0 amide bonds. The van der Waals surface area contributed by atoms with E-state index in [1.165, 1.54) is 9.75 Å². The van der Waals surface area contributed by atoms with Crippen molar-refractivity contribution in [1.29, 1.82) is 0 Å². The summed E-state index contributed by atoms with van der Waals surface area (Å²) in [6.45, 7) is 2.10. The fraction of sp³-hybridized carbons (Fsp3) is 0.0833. The number of anilines is 1. The Bertz CT molecular complexity index is 651. The molecule has 0 bridgehead atoms. The second kappa shape index (κ2) is 3.35. The monoisotopic (exact) mass is 229 g/mol. The van der Waals surface area contributed by atoms with Crippen molar-refractivity contribution in [2.24, 2.45) is 0 Å². The van der Waals surface area contributed by atoms with Crippen molar-refractivity contribution in [3.05, 3.63) is 41.5 Å². The van der Waals surface area contributed by atoms with E-state index in [1.54, 1.807) is 11.3 Å². The number of aromatic nitrogens is 2. The maximum atomic E-state index is 5.74. The topological polar surface area (TPSA) is 43.3 Å². The Morgan fingerprint density at radius 2 is 2.19 bits per heavy atom. The van der Waals surface area contributed by atoms with Crippen molar-refractivity contribution < 1.29 is 0 Å². The molecule has 3 aromatic heterocycles. The number of aryl methyl sites for hydroxylation is 1. The third-order valence-corrected chi connectivity index (χ3v) is 3.51. The Kier molecular flexibility index (Phi) is 1.97. The van der Waals surface area contributed by atoms with Crippen LogP contribution in [-0.4, -0.2) is 9.38 Å². The van der Waals surface area contributed by atoms with Gasteiger partial charge in [-0.1, -0.05) is 0 Å². The van der Waals surface area contributed by atoms with Gasteiger partial charge in [-0.05, 0) is 31.2 Å². The van der Waals surface area contributed by atoms with Crippen LogP contribution in [0.3, 0.4) is 0 Å². The number of pyridine rings is 1. The normalized spacial score (nSPS) is 11.1. The summed E-state index contributed by atoms with van der Waals surface area (Å²) in [5.74, 6) is 0.980. The van der Waals surface area contributed by atoms with E-state index in [9.17, 15) is 0 Å². The van der Waals surface area contributed by atoms with Gasteiger partial charge in [0.15, 0.2) is 5.82 Å². The quantitative estimate of drug-likeness (QED) is 0.697. The highest BCUT2D eigenvalue weighted by Crippen LogP contribution is 2.27. The number of thiophene rings is 1. The number of hydrogen-bond donors (Lipinski definition) is 1. The van der Waals surface area contributed by atoms with Crippen LogP contribution in [0, 0.1) is 6.92 Å². The van der Waals surface area contributed by atoms with Crippen molar-refractivity contribution in [2.75, 3.05) is 5.73 Å². The van der Waals surface area contributed by atoms with Gasteiger partial charge in [0, 0.05) is 16.8 Å². The van der Waals surface area contributed by atoms with Crippen molar-refractivity contribution in [3.63, 3.8) is 0 Å². The van der Waals surface area contributed by atoms with Gasteiger partial charge in [0.2, 0.25) is 0 Å². The first-order valence-electron chi connectivity index (χ1n) is 5.03. The van der Waals surface area contributed by atoms with Gasteiger partial charge in [0.05, 0.1) is 16.6 Å². The highest BCUT2D eigenvalue weighted by Gasteiger charge is 2.07. The van der Waals surface area contributed by atoms with E-state index >= 15 is 0 Å². The van der Waals surface area contributed by atoms with E-state index in [-0.39, 0.29) is 0 Å². The molecule has 0 aliphatic rings. The zero-order valence-electron chi connectivity index (χ0n) is 8.84. The minimum atomic E-state index is 0.765. The fourth-order valence-corrected chi connectivity index (χ4v) is 2.62. The molecule has 0 atom stereocenters. The molecule has 3 rings (SSSR count). The molecule has 0 saturated carbocycles. The number of imidazole rings is 1. The summed E-state index contributed by atoms with van der Waals surface area (Å²) in [6, 6.07) is 8.03. The number of nitrogen functional groups attached to an aromatic ring is 1. The second-order valence-corrected chi connectivity index (χ2v) is 5.03. The van der Waals surface area contributed by atoms with Crippen LogP contribution < -0.4 is 5.73 Å². The van der Waals surface area contributed by atoms with Crippen LogP contribution >= 0.6 is 11.3 Å². The SMILES string of the molecule is Cc1ccc(-c2ncc3cc(N)ccn23)s1. The Hall–Kier alpha value is -1.81. The van der Waals surface area contributed by atoms with Gasteiger partial charge in [0.1, 0.15) is 0 Å². The minimum absolute atomic E-state index is 0.765. The number of fused-ring (bicyclic) bond motifs is 1. The van der Waals surface area contributed by atoms with Crippen LogP contribution in [0.15, 0.2) is 36.7 Å². The zero-order valence-corrected chi connectivity index (χ0v) is 9.66. The average Bonchev–Trinajstić information content (AvgIpc) is 2.83. The van der Waals surface area contributed by atoms with Gasteiger partial charge in [-0.3, -0.25) is 4.40 Å². The lowest BCUT2D eigenvalue weighted by Gasteiger charge is -1.99. The first-order chi connectivity index (χ1) is 7.74. The largest absolute Gasteiger partial charge is 0.399 e. The van der Waals surface area contributed by atoms with Crippen molar-refractivity contribution in [1.82, 2.24) is 9.38 Å². The van der Waals surface area contributed by atoms with Crippen LogP contribution in [0.5, 0.6) is 0 Å². The van der Waals surface area contributed by atoms with E-state index in [0.29, 0.717) is 0 Å². The molecule has 3 aromatic rings. The fourth-order valence-electron chi connectivity index (χ4n) is 1.75. The Morgan fingerprint density at radius 1 is 1.31 bits per heavy atom. The van der Waals surface area contributed by atoms with Crippen LogP contribution in [0.25, 0.3) is 16.2 Å². The predicted octanol–water partition coefficient (Wildman–Crippen LogP) is 2.95. The number of hydrogen-bond acceptors (Lipinski definition) is 3. The molecule has 0 spiro atoms. The molecule has 2 N–H and O–H groups in total. The summed E-state index contributed by atoms with van der Waals surface area (Å²) in [4.78, 5) is 6.91. The maximum absolute atomic E-state index is 5.74. The first-order valence-corrected chi connectivity index (χ1v) is 5.85. The highest BCUT2D eigenvalue weighted by molar-refractivity contribution is 7.15. The molecule has 0 saturated heterocycles. The van der Waals surface area contributed by atoms with Gasteiger partial charge < -0.3 is 5.73 Å². The summed E-state index contributed by atoms with van der Waals surface area (Å²) in [5.41, 5.74) is 7.53. The third-order valence-electron chi connectivity index (χ3n) is 2.52. The van der Waals surface area contributed by atoms with Crippen molar-refractivity contribution >= 4 is 22.5 Å². The molecular formula is C12H11N3S. The molecule has 4 heteroatoms. The molecule has 0 aliphatic carbocycles. The summed E-state index contributed by atoms with van der Waals surface area (Å²) in [6.07, 6.45) is 3.81. The molecule has 0 aromatic carbocycles. The van der Waals surface area contributed by atoms with Crippen LogP contribution in [0.4, 0.5) is 5.69 Å². The Labute approximate surface area is 97.2 Å². The van der Waals surface area contributed by atoms with Crippen LogP contribution in [0.1, 0.15) is 4.88 Å². The summed E-state index contributed by atoms with van der Waals surface area (Å²) >= 11 is 1.75. The van der Waals surface area contributed by atoms with Gasteiger partial charge in [-0.2, -0.15) is 0 Å². The number of rotatable bonds is 1. The maximum Gasteiger partial charge on any atom is 0.154 e. The van der Waals surface area contributed by atoms with Crippen LogP contribution in [-0.2, 0) is 0 Å². The molecule has 3 heterocycles. The van der Waals surface area contributed by atoms with Crippen LogP contribution in [0.2, 0.25) is 0 Å². The minimum Gasteiger partial charge on any atom is -0.399 e. The summed E-state index contributed by atoms with van der Waals surface area (Å²) in [5, 5.41) is 0. The van der Waals surface area contributed by atoms with Gasteiger partial charge in [-0.15, -0.1) is 11.3 Å². The molecular weight excluding hydrogens is 218 g/mol. The van der Waals surface area contributed by atoms with Gasteiger partial charge >= 0.3 is 0 Å². The summed E-state index contributed by atoms with van der Waals surface area (Å²) in [7, 11) is 0. The second-order valence-electron chi connectivity index (χ2n) is 3.75. The summed E-state index contributed by atoms with van der Waals surface area (Å²) < 4.78 is 2.06. The lowest BCUT2D eigenvalue weighted by Crippen LogP contribution is -1.90. The standard InChI is InChI=1S/C12H11N3S/c1-8-2-3-11(16-8)12-14-7-10-6-9(13)4-5-15(10)12/h2-7H,13H2,1H3. The lowest BCUT2D eigenvalue weighted by molar-refractivity contribution is 1.17. The average molecular weight is 229 g/mol. The smallest absolute Gasteiger partial charge is 0.154 e. The number of nitrogens with two attached hydrogens (primary N) is 1. The van der Waals surface area contributed by atoms with Gasteiger partial charge in [-0.25, -0.2) is 4.98 Å². The van der Waals surface area contributed by atoms with Gasteiger partial charge in [0.25, 0.3) is 0 Å². The molecule has 0 unspecified atom stereocenters. The Balaban J connectivity index is 2.25. The third kappa shape index (κ3) is 1.39.